The highest BCUT2D eigenvalue weighted by Gasteiger charge is 2.35. The Bertz CT molecular complexity index is 564. The molecule has 1 aromatic rings. The van der Waals surface area contributed by atoms with E-state index in [0.29, 0.717) is 12.8 Å². The molecule has 2 rings (SSSR count). The fourth-order valence-corrected chi connectivity index (χ4v) is 2.09. The lowest BCUT2D eigenvalue weighted by molar-refractivity contribution is -0.141. The fraction of sp³-hybridized carbons (Fsp3) is 0.600. The smallest absolute Gasteiger partial charge is 0.433 e. The number of hydrogen-bond acceptors (Lipinski definition) is 4. The van der Waals surface area contributed by atoms with Gasteiger partial charge in [0.15, 0.2) is 0 Å². The van der Waals surface area contributed by atoms with Crippen molar-refractivity contribution >= 4 is 6.09 Å². The van der Waals surface area contributed by atoms with Crippen LogP contribution in [0.1, 0.15) is 39.3 Å². The number of ether oxygens (including phenoxy) is 2. The number of hydrogen-bond donors (Lipinski definition) is 1. The summed E-state index contributed by atoms with van der Waals surface area (Å²) in [7, 11) is 0. The molecule has 0 aromatic carbocycles. The molecule has 1 aromatic heterocycles. The summed E-state index contributed by atoms with van der Waals surface area (Å²) >= 11 is 0. The number of rotatable bonds is 3. The molecule has 1 amide bonds. The van der Waals surface area contributed by atoms with Gasteiger partial charge in [-0.25, -0.2) is 4.79 Å². The van der Waals surface area contributed by atoms with Crippen LogP contribution in [-0.2, 0) is 10.9 Å². The van der Waals surface area contributed by atoms with Crippen molar-refractivity contribution in [2.75, 3.05) is 0 Å². The predicted octanol–water partition coefficient (Wildman–Crippen LogP) is 3.53. The van der Waals surface area contributed by atoms with Crippen molar-refractivity contribution in [2.24, 2.45) is 0 Å². The van der Waals surface area contributed by atoms with Crippen LogP contribution in [0.15, 0.2) is 18.3 Å². The first-order valence-corrected chi connectivity index (χ1v) is 7.22. The molecule has 0 spiro atoms. The maximum absolute atomic E-state index is 12.6. The van der Waals surface area contributed by atoms with Gasteiger partial charge in [-0.05, 0) is 26.8 Å². The van der Waals surface area contributed by atoms with Gasteiger partial charge in [0.1, 0.15) is 23.1 Å². The zero-order valence-electron chi connectivity index (χ0n) is 13.1. The Kier molecular flexibility index (Phi) is 4.72. The molecule has 23 heavy (non-hydrogen) atoms. The van der Waals surface area contributed by atoms with Crippen molar-refractivity contribution < 1.29 is 27.4 Å². The Labute approximate surface area is 132 Å². The predicted molar refractivity (Wildman–Crippen MR) is 76.0 cm³/mol. The minimum atomic E-state index is -4.50. The van der Waals surface area contributed by atoms with Crippen LogP contribution in [0.4, 0.5) is 18.0 Å². The van der Waals surface area contributed by atoms with Crippen LogP contribution in [0, 0.1) is 0 Å². The summed E-state index contributed by atoms with van der Waals surface area (Å²) in [5.41, 5.74) is -1.56. The van der Waals surface area contributed by atoms with E-state index >= 15 is 0 Å². The zero-order chi connectivity index (χ0) is 17.3. The molecule has 128 valence electrons. The van der Waals surface area contributed by atoms with Crippen molar-refractivity contribution in [1.29, 1.82) is 0 Å². The SMILES string of the molecule is CC(C)(C)OC(=O)NC1CC(Oc2ccnc(C(F)(F)F)c2)C1. The van der Waals surface area contributed by atoms with Gasteiger partial charge < -0.3 is 14.8 Å². The van der Waals surface area contributed by atoms with Crippen LogP contribution >= 0.6 is 0 Å². The molecule has 0 bridgehead atoms. The van der Waals surface area contributed by atoms with E-state index in [4.69, 9.17) is 9.47 Å². The van der Waals surface area contributed by atoms with Gasteiger partial charge in [-0.3, -0.25) is 4.98 Å². The van der Waals surface area contributed by atoms with Crippen molar-refractivity contribution in [3.8, 4) is 5.75 Å². The van der Waals surface area contributed by atoms with Crippen LogP contribution in [0.2, 0.25) is 0 Å². The Morgan fingerprint density at radius 2 is 1.96 bits per heavy atom. The van der Waals surface area contributed by atoms with Gasteiger partial charge in [-0.1, -0.05) is 0 Å². The highest BCUT2D eigenvalue weighted by Crippen LogP contribution is 2.31. The number of nitrogens with one attached hydrogen (secondary N) is 1. The quantitative estimate of drug-likeness (QED) is 0.920. The van der Waals surface area contributed by atoms with E-state index in [1.807, 2.05) is 0 Å². The number of aromatic nitrogens is 1. The van der Waals surface area contributed by atoms with Gasteiger partial charge in [0.25, 0.3) is 0 Å². The highest BCUT2D eigenvalue weighted by atomic mass is 19.4. The summed E-state index contributed by atoms with van der Waals surface area (Å²) in [4.78, 5) is 14.8. The summed E-state index contributed by atoms with van der Waals surface area (Å²) in [6.45, 7) is 5.29. The Morgan fingerprint density at radius 1 is 1.30 bits per heavy atom. The van der Waals surface area contributed by atoms with Gasteiger partial charge in [0.2, 0.25) is 0 Å². The molecular formula is C15H19F3N2O3. The second-order valence-electron chi connectivity index (χ2n) is 6.43. The fourth-order valence-electron chi connectivity index (χ4n) is 2.09. The van der Waals surface area contributed by atoms with E-state index in [1.165, 1.54) is 6.07 Å². The topological polar surface area (TPSA) is 60.5 Å². The third kappa shape index (κ3) is 5.30. The van der Waals surface area contributed by atoms with Crippen LogP contribution in [0.25, 0.3) is 0 Å². The third-order valence-electron chi connectivity index (χ3n) is 3.14. The molecule has 0 atom stereocenters. The highest BCUT2D eigenvalue weighted by molar-refractivity contribution is 5.68. The second-order valence-corrected chi connectivity index (χ2v) is 6.43. The number of carbonyl (C=O) groups is 1. The summed E-state index contributed by atoms with van der Waals surface area (Å²) in [6, 6.07) is 2.15. The standard InChI is InChI=1S/C15H19F3N2O3/c1-14(2,3)23-13(21)20-9-6-11(7-9)22-10-4-5-19-12(8-10)15(16,17)18/h4-5,8-9,11H,6-7H2,1-3H3,(H,20,21). The maximum atomic E-state index is 12.6. The molecule has 0 unspecified atom stereocenters. The number of carbonyl (C=O) groups excluding carboxylic acids is 1. The Hall–Kier alpha value is -1.99. The van der Waals surface area contributed by atoms with Gasteiger partial charge in [0, 0.05) is 31.1 Å². The van der Waals surface area contributed by atoms with E-state index in [2.05, 4.69) is 10.3 Å². The van der Waals surface area contributed by atoms with E-state index in [-0.39, 0.29) is 17.9 Å². The molecule has 1 heterocycles. The minimum absolute atomic E-state index is 0.0984. The molecule has 0 radical (unpaired) electrons. The molecule has 5 nitrogen and oxygen atoms in total. The van der Waals surface area contributed by atoms with Crippen LogP contribution in [0.5, 0.6) is 5.75 Å². The zero-order valence-corrected chi connectivity index (χ0v) is 13.1. The summed E-state index contributed by atoms with van der Waals surface area (Å²) in [6.07, 6.45) is -3.15. The molecule has 1 saturated carbocycles. The number of alkyl halides is 3. The van der Waals surface area contributed by atoms with Crippen molar-refractivity contribution in [1.82, 2.24) is 10.3 Å². The molecule has 8 heteroatoms. The lowest BCUT2D eigenvalue weighted by Gasteiger charge is -2.36. The molecular weight excluding hydrogens is 313 g/mol. The Balaban J connectivity index is 1.79. The number of amides is 1. The van der Waals surface area contributed by atoms with Crippen molar-refractivity contribution in [2.45, 2.75) is 57.5 Å². The van der Waals surface area contributed by atoms with Gasteiger partial charge in [0.05, 0.1) is 0 Å². The second kappa shape index (κ2) is 6.25. The number of halogens is 3. The minimum Gasteiger partial charge on any atom is -0.490 e. The summed E-state index contributed by atoms with van der Waals surface area (Å²) in [5, 5.41) is 2.69. The van der Waals surface area contributed by atoms with Crippen LogP contribution < -0.4 is 10.1 Å². The van der Waals surface area contributed by atoms with Crippen LogP contribution in [0.3, 0.4) is 0 Å². The average Bonchev–Trinajstić information content (AvgIpc) is 2.33. The lowest BCUT2D eigenvalue weighted by Crippen LogP contribution is -2.50. The molecule has 1 aliphatic rings. The molecule has 0 saturated heterocycles. The first kappa shape index (κ1) is 17.4. The molecule has 1 fully saturated rings. The third-order valence-corrected chi connectivity index (χ3v) is 3.14. The van der Waals surface area contributed by atoms with Crippen molar-refractivity contribution in [3.05, 3.63) is 24.0 Å². The Morgan fingerprint density at radius 3 is 2.52 bits per heavy atom. The van der Waals surface area contributed by atoms with Crippen molar-refractivity contribution in [3.63, 3.8) is 0 Å². The van der Waals surface area contributed by atoms with E-state index in [0.717, 1.165) is 12.3 Å². The molecule has 1 N–H and O–H groups in total. The van der Waals surface area contributed by atoms with Gasteiger partial charge >= 0.3 is 12.3 Å². The van der Waals surface area contributed by atoms with Gasteiger partial charge in [-0.15, -0.1) is 0 Å². The van der Waals surface area contributed by atoms with Crippen LogP contribution in [-0.4, -0.2) is 28.8 Å². The first-order chi connectivity index (χ1) is 10.5. The lowest BCUT2D eigenvalue weighted by atomic mass is 9.89. The molecule has 0 aliphatic heterocycles. The van der Waals surface area contributed by atoms with E-state index in [1.54, 1.807) is 20.8 Å². The largest absolute Gasteiger partial charge is 0.490 e. The normalized spacial score (nSPS) is 21.3. The summed E-state index contributed by atoms with van der Waals surface area (Å²) < 4.78 is 48.3. The monoisotopic (exact) mass is 332 g/mol. The number of pyridine rings is 1. The van der Waals surface area contributed by atoms with E-state index in [9.17, 15) is 18.0 Å². The maximum Gasteiger partial charge on any atom is 0.433 e. The average molecular weight is 332 g/mol. The van der Waals surface area contributed by atoms with E-state index < -0.39 is 23.6 Å². The first-order valence-electron chi connectivity index (χ1n) is 7.22. The molecule has 1 aliphatic carbocycles. The van der Waals surface area contributed by atoms with Gasteiger partial charge in [-0.2, -0.15) is 13.2 Å². The number of nitrogens with zero attached hydrogens (tertiary/aromatic N) is 1. The number of alkyl carbamates (subject to hydrolysis) is 1. The summed E-state index contributed by atoms with van der Waals surface area (Å²) in [5.74, 6) is 0.119.